The predicted molar refractivity (Wildman–Crippen MR) is 77.9 cm³/mol. The average molecular weight is 293 g/mol. The number of aromatic hydroxyl groups is 1. The minimum Gasteiger partial charge on any atom is -0.504 e. The second-order valence-electron chi connectivity index (χ2n) is 4.25. The summed E-state index contributed by atoms with van der Waals surface area (Å²) in [6, 6.07) is 3.98. The standard InChI is InChI=1S/C15H19NO5/c1-4-21-15(19)10(2)16-14(18)8-6-11-5-7-12(17)13(9-11)20-3/h5-10,17H,4H2,1-3H3,(H,16,18)/b8-6+/t10-/m0/s1. The van der Waals surface area contributed by atoms with Gasteiger partial charge in [0.25, 0.3) is 0 Å². The number of methoxy groups -OCH3 is 1. The molecule has 1 aromatic rings. The maximum atomic E-state index is 11.7. The lowest BCUT2D eigenvalue weighted by atomic mass is 10.2. The monoisotopic (exact) mass is 293 g/mol. The topological polar surface area (TPSA) is 84.9 Å². The molecule has 1 rings (SSSR count). The fourth-order valence-electron chi connectivity index (χ4n) is 1.56. The number of benzene rings is 1. The zero-order valence-electron chi connectivity index (χ0n) is 12.3. The van der Waals surface area contributed by atoms with Gasteiger partial charge in [0.2, 0.25) is 5.91 Å². The summed E-state index contributed by atoms with van der Waals surface area (Å²) in [4.78, 5) is 23.0. The van der Waals surface area contributed by atoms with Crippen molar-refractivity contribution in [2.75, 3.05) is 13.7 Å². The van der Waals surface area contributed by atoms with Gasteiger partial charge < -0.3 is 19.9 Å². The summed E-state index contributed by atoms with van der Waals surface area (Å²) in [6.45, 7) is 3.51. The molecule has 0 fully saturated rings. The van der Waals surface area contributed by atoms with Crippen LogP contribution in [0.5, 0.6) is 11.5 Å². The maximum Gasteiger partial charge on any atom is 0.328 e. The van der Waals surface area contributed by atoms with Gasteiger partial charge in [-0.15, -0.1) is 0 Å². The lowest BCUT2D eigenvalue weighted by Crippen LogP contribution is -2.38. The number of amides is 1. The molecule has 0 heterocycles. The summed E-state index contributed by atoms with van der Waals surface area (Å²) in [6.07, 6.45) is 2.84. The number of rotatable bonds is 6. The van der Waals surface area contributed by atoms with E-state index in [0.717, 1.165) is 0 Å². The van der Waals surface area contributed by atoms with E-state index in [-0.39, 0.29) is 12.4 Å². The molecule has 0 aliphatic heterocycles. The van der Waals surface area contributed by atoms with Gasteiger partial charge in [0.1, 0.15) is 6.04 Å². The van der Waals surface area contributed by atoms with E-state index in [4.69, 9.17) is 9.47 Å². The molecule has 0 radical (unpaired) electrons. The highest BCUT2D eigenvalue weighted by atomic mass is 16.5. The smallest absolute Gasteiger partial charge is 0.328 e. The molecule has 1 aromatic carbocycles. The van der Waals surface area contributed by atoms with Crippen LogP contribution < -0.4 is 10.1 Å². The summed E-state index contributed by atoms with van der Waals surface area (Å²) < 4.78 is 9.76. The van der Waals surface area contributed by atoms with Crippen molar-refractivity contribution in [2.45, 2.75) is 19.9 Å². The van der Waals surface area contributed by atoms with Crippen LogP contribution in [0, 0.1) is 0 Å². The Morgan fingerprint density at radius 1 is 1.43 bits per heavy atom. The summed E-state index contributed by atoms with van der Waals surface area (Å²) in [7, 11) is 1.44. The Morgan fingerprint density at radius 3 is 2.76 bits per heavy atom. The number of nitrogens with one attached hydrogen (secondary N) is 1. The highest BCUT2D eigenvalue weighted by Crippen LogP contribution is 2.26. The number of hydrogen-bond donors (Lipinski definition) is 2. The van der Waals surface area contributed by atoms with Gasteiger partial charge >= 0.3 is 5.97 Å². The van der Waals surface area contributed by atoms with Crippen LogP contribution in [0.3, 0.4) is 0 Å². The lowest BCUT2D eigenvalue weighted by Gasteiger charge is -2.10. The van der Waals surface area contributed by atoms with Gasteiger partial charge in [0.15, 0.2) is 11.5 Å². The molecule has 21 heavy (non-hydrogen) atoms. The molecule has 6 nitrogen and oxygen atoms in total. The minimum absolute atomic E-state index is 0.0232. The molecular weight excluding hydrogens is 274 g/mol. The van der Waals surface area contributed by atoms with Crippen LogP contribution in [0.25, 0.3) is 6.08 Å². The van der Waals surface area contributed by atoms with Gasteiger partial charge in [-0.1, -0.05) is 6.07 Å². The number of phenolic OH excluding ortho intramolecular Hbond substituents is 1. The summed E-state index contributed by atoms with van der Waals surface area (Å²) in [5.74, 6) is -0.555. The number of ether oxygens (including phenoxy) is 2. The van der Waals surface area contributed by atoms with Crippen molar-refractivity contribution in [2.24, 2.45) is 0 Å². The second kappa shape index (κ2) is 7.94. The van der Waals surface area contributed by atoms with Crippen LogP contribution in [0.2, 0.25) is 0 Å². The van der Waals surface area contributed by atoms with Crippen LogP contribution in [-0.4, -0.2) is 36.7 Å². The molecule has 0 bridgehead atoms. The van der Waals surface area contributed by atoms with E-state index < -0.39 is 17.9 Å². The summed E-state index contributed by atoms with van der Waals surface area (Å²) in [5.41, 5.74) is 0.684. The van der Waals surface area contributed by atoms with Crippen LogP contribution in [0.4, 0.5) is 0 Å². The van der Waals surface area contributed by atoms with E-state index in [1.54, 1.807) is 32.1 Å². The van der Waals surface area contributed by atoms with Crippen molar-refractivity contribution in [3.05, 3.63) is 29.8 Å². The summed E-state index contributed by atoms with van der Waals surface area (Å²) in [5, 5.41) is 12.0. The van der Waals surface area contributed by atoms with Gasteiger partial charge in [0, 0.05) is 6.08 Å². The highest BCUT2D eigenvalue weighted by Gasteiger charge is 2.14. The largest absolute Gasteiger partial charge is 0.504 e. The van der Waals surface area contributed by atoms with E-state index in [9.17, 15) is 14.7 Å². The fraction of sp³-hybridized carbons (Fsp3) is 0.333. The van der Waals surface area contributed by atoms with E-state index >= 15 is 0 Å². The first-order valence-electron chi connectivity index (χ1n) is 6.50. The molecule has 0 spiro atoms. The van der Waals surface area contributed by atoms with Gasteiger partial charge in [0.05, 0.1) is 13.7 Å². The first-order valence-corrected chi connectivity index (χ1v) is 6.50. The fourth-order valence-corrected chi connectivity index (χ4v) is 1.56. The molecule has 1 atom stereocenters. The van der Waals surface area contributed by atoms with Crippen LogP contribution in [0.15, 0.2) is 24.3 Å². The van der Waals surface area contributed by atoms with Crippen LogP contribution in [-0.2, 0) is 14.3 Å². The number of esters is 1. The SMILES string of the molecule is CCOC(=O)[C@H](C)NC(=O)/C=C/c1ccc(O)c(OC)c1. The van der Waals surface area contributed by atoms with Crippen molar-refractivity contribution in [1.29, 1.82) is 0 Å². The Bertz CT molecular complexity index is 539. The first kappa shape index (κ1) is 16.6. The Hall–Kier alpha value is -2.50. The van der Waals surface area contributed by atoms with E-state index in [1.165, 1.54) is 19.3 Å². The number of carbonyl (C=O) groups excluding carboxylic acids is 2. The molecule has 0 aliphatic carbocycles. The number of phenols is 1. The Balaban J connectivity index is 2.64. The molecule has 0 saturated carbocycles. The van der Waals surface area contributed by atoms with Crippen molar-refractivity contribution in [3.63, 3.8) is 0 Å². The number of hydrogen-bond acceptors (Lipinski definition) is 5. The first-order chi connectivity index (χ1) is 9.97. The van der Waals surface area contributed by atoms with Crippen LogP contribution in [0.1, 0.15) is 19.4 Å². The van der Waals surface area contributed by atoms with E-state index in [2.05, 4.69) is 5.32 Å². The zero-order valence-corrected chi connectivity index (χ0v) is 12.3. The van der Waals surface area contributed by atoms with Gasteiger partial charge in [-0.25, -0.2) is 4.79 Å². The van der Waals surface area contributed by atoms with Gasteiger partial charge in [-0.3, -0.25) is 4.79 Å². The van der Waals surface area contributed by atoms with Crippen LogP contribution >= 0.6 is 0 Å². The Morgan fingerprint density at radius 2 is 2.14 bits per heavy atom. The molecule has 0 aromatic heterocycles. The quantitative estimate of drug-likeness (QED) is 0.613. The van der Waals surface area contributed by atoms with Crippen molar-refractivity contribution < 1.29 is 24.2 Å². The van der Waals surface area contributed by atoms with Crippen molar-refractivity contribution >= 4 is 18.0 Å². The summed E-state index contributed by atoms with van der Waals surface area (Å²) >= 11 is 0. The lowest BCUT2D eigenvalue weighted by molar-refractivity contribution is -0.146. The third-order valence-electron chi connectivity index (χ3n) is 2.63. The highest BCUT2D eigenvalue weighted by molar-refractivity contribution is 5.94. The van der Waals surface area contributed by atoms with Crippen molar-refractivity contribution in [3.8, 4) is 11.5 Å². The second-order valence-corrected chi connectivity index (χ2v) is 4.25. The number of carbonyl (C=O) groups is 2. The molecular formula is C15H19NO5. The molecule has 0 unspecified atom stereocenters. The third-order valence-corrected chi connectivity index (χ3v) is 2.63. The van der Waals surface area contributed by atoms with Gasteiger partial charge in [-0.2, -0.15) is 0 Å². The predicted octanol–water partition coefficient (Wildman–Crippen LogP) is 1.48. The Kier molecular flexibility index (Phi) is 6.26. The molecule has 2 N–H and O–H groups in total. The molecule has 0 saturated heterocycles. The van der Waals surface area contributed by atoms with E-state index in [0.29, 0.717) is 11.3 Å². The molecule has 0 aliphatic rings. The minimum atomic E-state index is -0.712. The molecule has 6 heteroatoms. The third kappa shape index (κ3) is 5.18. The average Bonchev–Trinajstić information content (AvgIpc) is 2.46. The zero-order chi connectivity index (χ0) is 15.8. The van der Waals surface area contributed by atoms with E-state index in [1.807, 2.05) is 0 Å². The van der Waals surface area contributed by atoms with Gasteiger partial charge in [-0.05, 0) is 37.6 Å². The normalized spacial score (nSPS) is 12.0. The Labute approximate surface area is 123 Å². The molecule has 1 amide bonds. The van der Waals surface area contributed by atoms with Crippen molar-refractivity contribution in [1.82, 2.24) is 5.32 Å². The maximum absolute atomic E-state index is 11.7. The molecule has 114 valence electrons.